The summed E-state index contributed by atoms with van der Waals surface area (Å²) < 4.78 is 5.19. The van der Waals surface area contributed by atoms with Crippen LogP contribution in [0.25, 0.3) is 0 Å². The van der Waals surface area contributed by atoms with Crippen LogP contribution in [0.4, 0.5) is 11.8 Å². The monoisotopic (exact) mass is 317 g/mol. The van der Waals surface area contributed by atoms with E-state index in [-0.39, 0.29) is 0 Å². The number of piperazine rings is 1. The summed E-state index contributed by atoms with van der Waals surface area (Å²) in [6.45, 7) is 8.18. The molecule has 0 N–H and O–H groups in total. The molecule has 1 fully saturated rings. The van der Waals surface area contributed by atoms with Crippen LogP contribution in [0.1, 0.15) is 17.4 Å². The molecular weight excluding hydrogens is 294 g/mol. The summed E-state index contributed by atoms with van der Waals surface area (Å²) in [7, 11) is 3.99. The van der Waals surface area contributed by atoms with E-state index in [9.17, 15) is 0 Å². The van der Waals surface area contributed by atoms with Crippen LogP contribution in [0, 0.1) is 13.8 Å². The first kappa shape index (κ1) is 15.7. The van der Waals surface area contributed by atoms with Gasteiger partial charge in [-0.15, -0.1) is 0 Å². The Morgan fingerprint density at radius 3 is 2.43 bits per heavy atom. The molecule has 1 aliphatic rings. The Morgan fingerprint density at radius 2 is 1.83 bits per heavy atom. The van der Waals surface area contributed by atoms with Crippen LogP contribution in [0.2, 0.25) is 0 Å². The first-order valence-electron chi connectivity index (χ1n) is 7.81. The molecule has 8 nitrogen and oxygen atoms in total. The normalized spacial score (nSPS) is 15.9. The predicted octanol–water partition coefficient (Wildman–Crippen LogP) is 0.865. The molecule has 0 spiro atoms. The minimum absolute atomic E-state index is 0.678. The van der Waals surface area contributed by atoms with Gasteiger partial charge in [0.05, 0.1) is 6.54 Å². The molecule has 1 aliphatic heterocycles. The average Bonchev–Trinajstić information content (AvgIpc) is 2.92. The minimum Gasteiger partial charge on any atom is -0.363 e. The van der Waals surface area contributed by atoms with Crippen LogP contribution in [0.5, 0.6) is 0 Å². The van der Waals surface area contributed by atoms with E-state index in [1.165, 1.54) is 0 Å². The molecule has 2 aromatic rings. The Bertz CT molecular complexity index is 662. The third-order valence-corrected chi connectivity index (χ3v) is 3.87. The van der Waals surface area contributed by atoms with Crippen molar-refractivity contribution in [3.63, 3.8) is 0 Å². The predicted molar refractivity (Wildman–Crippen MR) is 87.6 cm³/mol. The topological polar surface area (TPSA) is 74.4 Å². The summed E-state index contributed by atoms with van der Waals surface area (Å²) in [6, 6.07) is 2.00. The van der Waals surface area contributed by atoms with Crippen LogP contribution in [0.15, 0.2) is 10.6 Å². The Labute approximate surface area is 136 Å². The molecule has 3 rings (SSSR count). The molecule has 2 aromatic heterocycles. The molecule has 0 saturated carbocycles. The van der Waals surface area contributed by atoms with Gasteiger partial charge in [0.25, 0.3) is 0 Å². The van der Waals surface area contributed by atoms with E-state index in [1.807, 2.05) is 38.9 Å². The zero-order valence-electron chi connectivity index (χ0n) is 14.2. The number of nitrogens with zero attached hydrogens (tertiary/aromatic N) is 7. The minimum atomic E-state index is 0.678. The molecule has 0 atom stereocenters. The van der Waals surface area contributed by atoms with E-state index in [4.69, 9.17) is 4.52 Å². The van der Waals surface area contributed by atoms with Gasteiger partial charge in [-0.05, 0) is 13.8 Å². The van der Waals surface area contributed by atoms with Crippen molar-refractivity contribution in [2.24, 2.45) is 0 Å². The number of aryl methyl sites for hydroxylation is 2. The van der Waals surface area contributed by atoms with Crippen LogP contribution < -0.4 is 9.80 Å². The Hall–Kier alpha value is -2.22. The molecule has 0 bridgehead atoms. The Morgan fingerprint density at radius 1 is 1.09 bits per heavy atom. The van der Waals surface area contributed by atoms with Crippen LogP contribution in [0.3, 0.4) is 0 Å². The molecule has 1 saturated heterocycles. The maximum absolute atomic E-state index is 5.19. The van der Waals surface area contributed by atoms with E-state index in [0.717, 1.165) is 43.6 Å². The Balaban J connectivity index is 1.62. The maximum Gasteiger partial charge on any atom is 0.240 e. The van der Waals surface area contributed by atoms with Crippen molar-refractivity contribution < 1.29 is 4.52 Å². The van der Waals surface area contributed by atoms with Crippen molar-refractivity contribution in [3.05, 3.63) is 23.5 Å². The summed E-state index contributed by atoms with van der Waals surface area (Å²) in [4.78, 5) is 20.0. The summed E-state index contributed by atoms with van der Waals surface area (Å²) in [5, 5.41) is 3.83. The summed E-state index contributed by atoms with van der Waals surface area (Å²) in [5.74, 6) is 3.11. The number of hydrogen-bond donors (Lipinski definition) is 0. The van der Waals surface area contributed by atoms with Crippen molar-refractivity contribution >= 4 is 11.8 Å². The molecule has 23 heavy (non-hydrogen) atoms. The third-order valence-electron chi connectivity index (χ3n) is 3.87. The van der Waals surface area contributed by atoms with E-state index in [0.29, 0.717) is 18.3 Å². The number of anilines is 2. The number of hydrogen-bond acceptors (Lipinski definition) is 8. The number of aromatic nitrogens is 4. The smallest absolute Gasteiger partial charge is 0.240 e. The summed E-state index contributed by atoms with van der Waals surface area (Å²) >= 11 is 0. The molecule has 0 aliphatic carbocycles. The molecule has 0 aromatic carbocycles. The second kappa shape index (κ2) is 6.49. The highest BCUT2D eigenvalue weighted by atomic mass is 16.5. The SMILES string of the molecule is Cc1cc(N(C)C)nc(N2CCN(Cc3nc(C)no3)CC2)n1. The lowest BCUT2D eigenvalue weighted by atomic mass is 10.3. The van der Waals surface area contributed by atoms with E-state index >= 15 is 0 Å². The highest BCUT2D eigenvalue weighted by Gasteiger charge is 2.21. The fraction of sp³-hybridized carbons (Fsp3) is 0.600. The first-order valence-corrected chi connectivity index (χ1v) is 7.81. The van der Waals surface area contributed by atoms with Crippen molar-refractivity contribution in [3.8, 4) is 0 Å². The molecular formula is C15H23N7O. The van der Waals surface area contributed by atoms with Crippen molar-refractivity contribution in [1.82, 2.24) is 25.0 Å². The van der Waals surface area contributed by atoms with Crippen molar-refractivity contribution in [1.29, 1.82) is 0 Å². The van der Waals surface area contributed by atoms with Gasteiger partial charge in [-0.25, -0.2) is 4.98 Å². The summed E-state index contributed by atoms with van der Waals surface area (Å²) in [6.07, 6.45) is 0. The van der Waals surface area contributed by atoms with Gasteiger partial charge in [0, 0.05) is 52.0 Å². The molecule has 0 amide bonds. The average molecular weight is 317 g/mol. The standard InChI is InChI=1S/C15H23N7O/c1-11-9-13(20(3)4)18-15(16-11)22-7-5-21(6-8-22)10-14-17-12(2)19-23-14/h9H,5-8,10H2,1-4H3. The van der Waals surface area contributed by atoms with Crippen molar-refractivity contribution in [2.75, 3.05) is 50.1 Å². The van der Waals surface area contributed by atoms with Gasteiger partial charge in [-0.1, -0.05) is 5.16 Å². The lowest BCUT2D eigenvalue weighted by Crippen LogP contribution is -2.46. The van der Waals surface area contributed by atoms with Crippen molar-refractivity contribution in [2.45, 2.75) is 20.4 Å². The lowest BCUT2D eigenvalue weighted by Gasteiger charge is -2.34. The lowest BCUT2D eigenvalue weighted by molar-refractivity contribution is 0.214. The Kier molecular flexibility index (Phi) is 4.42. The van der Waals surface area contributed by atoms with Gasteiger partial charge in [0.15, 0.2) is 5.82 Å². The van der Waals surface area contributed by atoms with E-state index in [1.54, 1.807) is 0 Å². The van der Waals surface area contributed by atoms with Crippen LogP contribution in [-0.2, 0) is 6.54 Å². The van der Waals surface area contributed by atoms with Gasteiger partial charge in [-0.3, -0.25) is 4.90 Å². The van der Waals surface area contributed by atoms with Gasteiger partial charge in [-0.2, -0.15) is 9.97 Å². The second-order valence-corrected chi connectivity index (χ2v) is 6.06. The molecule has 0 unspecified atom stereocenters. The maximum atomic E-state index is 5.19. The first-order chi connectivity index (χ1) is 11.0. The number of rotatable bonds is 4. The molecule has 8 heteroatoms. The van der Waals surface area contributed by atoms with E-state index in [2.05, 4.69) is 29.9 Å². The zero-order valence-corrected chi connectivity index (χ0v) is 14.2. The third kappa shape index (κ3) is 3.76. The van der Waals surface area contributed by atoms with Gasteiger partial charge in [0.1, 0.15) is 5.82 Å². The molecule has 3 heterocycles. The van der Waals surface area contributed by atoms with Crippen LogP contribution in [-0.4, -0.2) is 65.3 Å². The summed E-state index contributed by atoms with van der Waals surface area (Å²) in [5.41, 5.74) is 0.988. The van der Waals surface area contributed by atoms with Gasteiger partial charge >= 0.3 is 0 Å². The quantitative estimate of drug-likeness (QED) is 0.822. The highest BCUT2D eigenvalue weighted by Crippen LogP contribution is 2.17. The van der Waals surface area contributed by atoms with Gasteiger partial charge < -0.3 is 14.3 Å². The fourth-order valence-corrected chi connectivity index (χ4v) is 2.61. The van der Waals surface area contributed by atoms with Gasteiger partial charge in [0.2, 0.25) is 11.8 Å². The molecule has 0 radical (unpaired) electrons. The van der Waals surface area contributed by atoms with E-state index < -0.39 is 0 Å². The molecule has 124 valence electrons. The zero-order chi connectivity index (χ0) is 16.4. The largest absolute Gasteiger partial charge is 0.363 e. The van der Waals surface area contributed by atoms with Crippen LogP contribution >= 0.6 is 0 Å². The highest BCUT2D eigenvalue weighted by molar-refractivity contribution is 5.45. The fourth-order valence-electron chi connectivity index (χ4n) is 2.61. The second-order valence-electron chi connectivity index (χ2n) is 6.06.